The van der Waals surface area contributed by atoms with Gasteiger partial charge in [0.2, 0.25) is 0 Å². The summed E-state index contributed by atoms with van der Waals surface area (Å²) in [5.74, 6) is -0.250. The van der Waals surface area contributed by atoms with Gasteiger partial charge in [-0.2, -0.15) is 0 Å². The van der Waals surface area contributed by atoms with Gasteiger partial charge in [-0.1, -0.05) is 30.8 Å². The summed E-state index contributed by atoms with van der Waals surface area (Å²) in [7, 11) is 0. The zero-order chi connectivity index (χ0) is 13.7. The number of hydrogen-bond donors (Lipinski definition) is 1. The first kappa shape index (κ1) is 14.0. The first-order valence-electron chi connectivity index (χ1n) is 6.15. The van der Waals surface area contributed by atoms with E-state index < -0.39 is 0 Å². The smallest absolute Gasteiger partial charge is 0.188 e. The molecule has 0 amide bonds. The second-order valence-electron chi connectivity index (χ2n) is 4.20. The lowest BCUT2D eigenvalue weighted by atomic mass is 10.0. The number of nitrogens with zero attached hydrogens (tertiary/aromatic N) is 2. The molecule has 0 aliphatic carbocycles. The number of aromatic nitrogens is 2. The van der Waals surface area contributed by atoms with Crippen LogP contribution >= 0.6 is 11.8 Å². The molecule has 3 nitrogen and oxygen atoms in total. The van der Waals surface area contributed by atoms with Crippen molar-refractivity contribution in [3.05, 3.63) is 54.1 Å². The highest BCUT2D eigenvalue weighted by molar-refractivity contribution is 7.99. The monoisotopic (exact) mass is 277 g/mol. The van der Waals surface area contributed by atoms with E-state index in [9.17, 15) is 4.39 Å². The van der Waals surface area contributed by atoms with Crippen LogP contribution in [0.4, 0.5) is 4.39 Å². The van der Waals surface area contributed by atoms with Crippen LogP contribution in [-0.2, 0) is 0 Å². The number of thioether (sulfide) groups is 1. The van der Waals surface area contributed by atoms with E-state index in [0.29, 0.717) is 5.16 Å². The van der Waals surface area contributed by atoms with Gasteiger partial charge >= 0.3 is 0 Å². The van der Waals surface area contributed by atoms with Gasteiger partial charge in [-0.05, 0) is 30.2 Å². The van der Waals surface area contributed by atoms with Crippen molar-refractivity contribution in [3.8, 4) is 0 Å². The minimum Gasteiger partial charge on any atom is -0.326 e. The Morgan fingerprint density at radius 2 is 2.00 bits per heavy atom. The topological polar surface area (TPSA) is 51.8 Å². The average Bonchev–Trinajstić information content (AvgIpc) is 2.45. The summed E-state index contributed by atoms with van der Waals surface area (Å²) in [6.07, 6.45) is 4.19. The molecule has 2 atom stereocenters. The molecule has 0 radical (unpaired) electrons. The first-order chi connectivity index (χ1) is 9.20. The minimum atomic E-state index is -0.250. The zero-order valence-corrected chi connectivity index (χ0v) is 11.5. The van der Waals surface area contributed by atoms with Crippen LogP contribution in [0.3, 0.4) is 0 Å². The van der Waals surface area contributed by atoms with Crippen molar-refractivity contribution in [1.29, 1.82) is 0 Å². The number of hydrogen-bond acceptors (Lipinski definition) is 4. The number of rotatable bonds is 5. The van der Waals surface area contributed by atoms with Crippen molar-refractivity contribution < 1.29 is 4.39 Å². The molecule has 0 saturated carbocycles. The van der Waals surface area contributed by atoms with E-state index >= 15 is 0 Å². The highest BCUT2D eigenvalue weighted by atomic mass is 32.2. The van der Waals surface area contributed by atoms with Gasteiger partial charge in [0.15, 0.2) is 5.16 Å². The summed E-state index contributed by atoms with van der Waals surface area (Å²) < 4.78 is 13.4. The molecule has 0 bridgehead atoms. The minimum absolute atomic E-state index is 0.0527. The Hall–Kier alpha value is -1.46. The van der Waals surface area contributed by atoms with Crippen molar-refractivity contribution in [3.63, 3.8) is 0 Å². The Morgan fingerprint density at radius 1 is 1.26 bits per heavy atom. The standard InChI is InChI=1S/C14H16FN3S/c1-2-12(16)13(10-5-3-6-11(15)9-10)19-14-17-7-4-8-18-14/h3-9,12-13H,2,16H2,1H3. The summed E-state index contributed by atoms with van der Waals surface area (Å²) in [6, 6.07) is 8.24. The highest BCUT2D eigenvalue weighted by Crippen LogP contribution is 2.36. The van der Waals surface area contributed by atoms with Gasteiger partial charge in [0.1, 0.15) is 5.82 Å². The second kappa shape index (κ2) is 6.63. The molecule has 0 aliphatic rings. The molecule has 100 valence electrons. The number of nitrogens with two attached hydrogens (primary N) is 1. The largest absolute Gasteiger partial charge is 0.326 e. The average molecular weight is 277 g/mol. The van der Waals surface area contributed by atoms with Crippen LogP contribution in [0.15, 0.2) is 47.9 Å². The van der Waals surface area contributed by atoms with Gasteiger partial charge in [0.25, 0.3) is 0 Å². The Morgan fingerprint density at radius 3 is 2.63 bits per heavy atom. The number of benzene rings is 1. The third kappa shape index (κ3) is 3.75. The second-order valence-corrected chi connectivity index (χ2v) is 5.31. The van der Waals surface area contributed by atoms with Crippen LogP contribution in [0.1, 0.15) is 24.2 Å². The summed E-state index contributed by atoms with van der Waals surface area (Å²) in [4.78, 5) is 8.37. The molecule has 0 spiro atoms. The van der Waals surface area contributed by atoms with E-state index in [2.05, 4.69) is 9.97 Å². The van der Waals surface area contributed by atoms with Gasteiger partial charge in [0, 0.05) is 18.4 Å². The molecule has 1 aromatic carbocycles. The van der Waals surface area contributed by atoms with Crippen LogP contribution in [0.5, 0.6) is 0 Å². The molecule has 2 unspecified atom stereocenters. The van der Waals surface area contributed by atoms with Crippen molar-refractivity contribution >= 4 is 11.8 Å². The SMILES string of the molecule is CCC(N)C(Sc1ncccn1)c1cccc(F)c1. The van der Waals surface area contributed by atoms with E-state index in [1.165, 1.54) is 23.9 Å². The Bertz CT molecular complexity index is 521. The van der Waals surface area contributed by atoms with Crippen molar-refractivity contribution in [2.45, 2.75) is 29.8 Å². The van der Waals surface area contributed by atoms with Crippen LogP contribution in [0, 0.1) is 5.82 Å². The third-order valence-corrected chi connectivity index (χ3v) is 4.11. The quantitative estimate of drug-likeness (QED) is 0.673. The van der Waals surface area contributed by atoms with Crippen molar-refractivity contribution in [1.82, 2.24) is 9.97 Å². The molecule has 0 fully saturated rings. The summed E-state index contributed by atoms with van der Waals surface area (Å²) in [5, 5.41) is 0.601. The van der Waals surface area contributed by atoms with Gasteiger partial charge in [-0.25, -0.2) is 14.4 Å². The predicted octanol–water partition coefficient (Wildman–Crippen LogP) is 3.19. The Kier molecular flexibility index (Phi) is 4.87. The lowest BCUT2D eigenvalue weighted by Gasteiger charge is -2.22. The maximum absolute atomic E-state index is 13.4. The fourth-order valence-electron chi connectivity index (χ4n) is 1.76. The molecule has 0 aliphatic heterocycles. The molecule has 0 saturated heterocycles. The number of halogens is 1. The van der Waals surface area contributed by atoms with E-state index in [1.807, 2.05) is 13.0 Å². The Labute approximate surface area is 116 Å². The molecule has 2 rings (SSSR count). The molecule has 1 aromatic heterocycles. The van der Waals surface area contributed by atoms with Crippen LogP contribution < -0.4 is 5.73 Å². The predicted molar refractivity (Wildman–Crippen MR) is 75.3 cm³/mol. The van der Waals surface area contributed by atoms with E-state index in [-0.39, 0.29) is 17.1 Å². The molecule has 5 heteroatoms. The Balaban J connectivity index is 2.26. The van der Waals surface area contributed by atoms with E-state index in [4.69, 9.17) is 5.73 Å². The summed E-state index contributed by atoms with van der Waals surface area (Å²) in [6.45, 7) is 2.02. The molecular formula is C14H16FN3S. The fourth-order valence-corrected chi connectivity index (χ4v) is 2.88. The molecule has 1 heterocycles. The summed E-state index contributed by atoms with van der Waals surface area (Å²) >= 11 is 1.47. The lowest BCUT2D eigenvalue weighted by Crippen LogP contribution is -2.25. The van der Waals surface area contributed by atoms with E-state index in [1.54, 1.807) is 24.5 Å². The third-order valence-electron chi connectivity index (χ3n) is 2.81. The van der Waals surface area contributed by atoms with Gasteiger partial charge < -0.3 is 5.73 Å². The maximum Gasteiger partial charge on any atom is 0.188 e. The van der Waals surface area contributed by atoms with Crippen LogP contribution in [-0.4, -0.2) is 16.0 Å². The molecule has 2 aromatic rings. The zero-order valence-electron chi connectivity index (χ0n) is 10.7. The van der Waals surface area contributed by atoms with Gasteiger partial charge in [-0.15, -0.1) is 0 Å². The summed E-state index contributed by atoms with van der Waals surface area (Å²) in [5.41, 5.74) is 7.02. The fraction of sp³-hybridized carbons (Fsp3) is 0.286. The first-order valence-corrected chi connectivity index (χ1v) is 7.03. The molecular weight excluding hydrogens is 261 g/mol. The maximum atomic E-state index is 13.4. The highest BCUT2D eigenvalue weighted by Gasteiger charge is 2.21. The van der Waals surface area contributed by atoms with Crippen LogP contribution in [0.2, 0.25) is 0 Å². The lowest BCUT2D eigenvalue weighted by molar-refractivity contribution is 0.609. The van der Waals surface area contributed by atoms with Gasteiger partial charge in [0.05, 0.1) is 5.25 Å². The van der Waals surface area contributed by atoms with Crippen molar-refractivity contribution in [2.24, 2.45) is 5.73 Å². The molecule has 19 heavy (non-hydrogen) atoms. The van der Waals surface area contributed by atoms with Crippen LogP contribution in [0.25, 0.3) is 0 Å². The van der Waals surface area contributed by atoms with E-state index in [0.717, 1.165) is 12.0 Å². The van der Waals surface area contributed by atoms with Crippen molar-refractivity contribution in [2.75, 3.05) is 0 Å². The molecule has 2 N–H and O–H groups in total. The van der Waals surface area contributed by atoms with Gasteiger partial charge in [-0.3, -0.25) is 0 Å². The normalized spacial score (nSPS) is 14.1.